The van der Waals surface area contributed by atoms with Gasteiger partial charge >= 0.3 is 0 Å². The van der Waals surface area contributed by atoms with Crippen molar-refractivity contribution < 1.29 is 4.79 Å². The molecule has 104 valence electrons. The molecule has 3 heteroatoms. The number of aryl methyl sites for hydroxylation is 1. The van der Waals surface area contributed by atoms with Crippen molar-refractivity contribution in [3.8, 4) is 0 Å². The number of hydrogen-bond acceptors (Lipinski definition) is 2. The van der Waals surface area contributed by atoms with Gasteiger partial charge in [0, 0.05) is 13.0 Å². The Morgan fingerprint density at radius 2 is 2.21 bits per heavy atom. The zero-order valence-electron chi connectivity index (χ0n) is 11.8. The topological polar surface area (TPSA) is 41.1 Å². The van der Waals surface area contributed by atoms with E-state index in [4.69, 9.17) is 0 Å². The molecule has 2 rings (SSSR count). The zero-order valence-corrected chi connectivity index (χ0v) is 11.8. The van der Waals surface area contributed by atoms with E-state index in [1.54, 1.807) is 0 Å². The molecule has 0 aromatic heterocycles. The van der Waals surface area contributed by atoms with E-state index in [9.17, 15) is 4.79 Å². The van der Waals surface area contributed by atoms with Crippen molar-refractivity contribution in [1.29, 1.82) is 0 Å². The van der Waals surface area contributed by atoms with Gasteiger partial charge in [0.15, 0.2) is 0 Å². The summed E-state index contributed by atoms with van der Waals surface area (Å²) in [4.78, 5) is 11.9. The molecule has 1 amide bonds. The van der Waals surface area contributed by atoms with Crippen LogP contribution in [0.3, 0.4) is 0 Å². The van der Waals surface area contributed by atoms with E-state index in [1.807, 2.05) is 12.1 Å². The molecule has 19 heavy (non-hydrogen) atoms. The van der Waals surface area contributed by atoms with Gasteiger partial charge in [-0.25, -0.2) is 0 Å². The van der Waals surface area contributed by atoms with Gasteiger partial charge < -0.3 is 10.6 Å². The third-order valence-electron chi connectivity index (χ3n) is 3.61. The van der Waals surface area contributed by atoms with Crippen molar-refractivity contribution >= 4 is 17.3 Å². The van der Waals surface area contributed by atoms with Crippen LogP contribution in [0, 0.1) is 0 Å². The quantitative estimate of drug-likeness (QED) is 0.760. The van der Waals surface area contributed by atoms with Crippen LogP contribution in [0.5, 0.6) is 0 Å². The Bertz CT molecular complexity index is 429. The summed E-state index contributed by atoms with van der Waals surface area (Å²) in [6, 6.07) is 6.15. The first-order valence-corrected chi connectivity index (χ1v) is 7.47. The van der Waals surface area contributed by atoms with E-state index in [1.165, 1.54) is 24.8 Å². The normalized spacial score (nSPS) is 13.5. The minimum absolute atomic E-state index is 0.136. The van der Waals surface area contributed by atoms with Crippen LogP contribution in [0.2, 0.25) is 0 Å². The van der Waals surface area contributed by atoms with Crippen LogP contribution in [0.1, 0.15) is 51.0 Å². The minimum Gasteiger partial charge on any atom is -0.383 e. The summed E-state index contributed by atoms with van der Waals surface area (Å²) in [5.74, 6) is 0.136. The van der Waals surface area contributed by atoms with Gasteiger partial charge in [0.1, 0.15) is 0 Å². The molecule has 0 unspecified atom stereocenters. The molecule has 0 fully saturated rings. The van der Waals surface area contributed by atoms with Gasteiger partial charge in [-0.3, -0.25) is 4.79 Å². The van der Waals surface area contributed by atoms with Crippen molar-refractivity contribution in [1.82, 2.24) is 0 Å². The first kappa shape index (κ1) is 13.9. The molecular weight excluding hydrogens is 236 g/mol. The van der Waals surface area contributed by atoms with Crippen LogP contribution in [0.25, 0.3) is 0 Å². The molecule has 3 nitrogen and oxygen atoms in total. The van der Waals surface area contributed by atoms with Gasteiger partial charge in [-0.2, -0.15) is 0 Å². The highest BCUT2D eigenvalue weighted by Gasteiger charge is 2.13. The Labute approximate surface area is 115 Å². The number of nitrogens with one attached hydrogen (secondary N) is 2. The lowest BCUT2D eigenvalue weighted by Crippen LogP contribution is -2.17. The lowest BCUT2D eigenvalue weighted by molar-refractivity contribution is -0.116. The molecule has 1 aliphatic rings. The van der Waals surface area contributed by atoms with E-state index < -0.39 is 0 Å². The molecule has 0 aliphatic carbocycles. The fraction of sp³-hybridized carbons (Fsp3) is 0.562. The fourth-order valence-corrected chi connectivity index (χ4v) is 2.54. The highest BCUT2D eigenvalue weighted by atomic mass is 16.1. The summed E-state index contributed by atoms with van der Waals surface area (Å²) in [5.41, 5.74) is 3.38. The molecule has 0 radical (unpaired) electrons. The second kappa shape index (κ2) is 7.17. The summed E-state index contributed by atoms with van der Waals surface area (Å²) < 4.78 is 0. The number of carbonyl (C=O) groups is 1. The molecular formula is C16H24N2O. The van der Waals surface area contributed by atoms with Crippen LogP contribution in [0.4, 0.5) is 11.4 Å². The molecule has 0 spiro atoms. The van der Waals surface area contributed by atoms with Gasteiger partial charge in [0.25, 0.3) is 0 Å². The molecule has 1 aromatic rings. The fourth-order valence-electron chi connectivity index (χ4n) is 2.54. The van der Waals surface area contributed by atoms with Crippen molar-refractivity contribution in [3.05, 3.63) is 23.8 Å². The Balaban J connectivity index is 1.90. The van der Waals surface area contributed by atoms with E-state index >= 15 is 0 Å². The van der Waals surface area contributed by atoms with Crippen LogP contribution < -0.4 is 10.6 Å². The Hall–Kier alpha value is -1.51. The summed E-state index contributed by atoms with van der Waals surface area (Å²) >= 11 is 0. The van der Waals surface area contributed by atoms with E-state index in [0.29, 0.717) is 6.42 Å². The molecule has 0 atom stereocenters. The Morgan fingerprint density at radius 1 is 1.32 bits per heavy atom. The van der Waals surface area contributed by atoms with Gasteiger partial charge in [0.05, 0.1) is 11.4 Å². The molecule has 2 N–H and O–H groups in total. The smallest absolute Gasteiger partial charge is 0.224 e. The predicted molar refractivity (Wildman–Crippen MR) is 80.6 cm³/mol. The van der Waals surface area contributed by atoms with Gasteiger partial charge in [-0.05, 0) is 30.9 Å². The van der Waals surface area contributed by atoms with E-state index in [2.05, 4.69) is 23.6 Å². The second-order valence-electron chi connectivity index (χ2n) is 5.23. The Morgan fingerprint density at radius 3 is 3.05 bits per heavy atom. The van der Waals surface area contributed by atoms with Crippen LogP contribution >= 0.6 is 0 Å². The van der Waals surface area contributed by atoms with Gasteiger partial charge in [-0.1, -0.05) is 38.3 Å². The average molecular weight is 260 g/mol. The van der Waals surface area contributed by atoms with Crippen LogP contribution in [-0.4, -0.2) is 12.5 Å². The third kappa shape index (κ3) is 3.98. The number of rotatable bonds is 6. The van der Waals surface area contributed by atoms with Crippen molar-refractivity contribution in [3.63, 3.8) is 0 Å². The number of para-hydroxylation sites is 1. The molecule has 0 saturated heterocycles. The van der Waals surface area contributed by atoms with Gasteiger partial charge in [0.2, 0.25) is 5.91 Å². The number of benzene rings is 1. The highest BCUT2D eigenvalue weighted by molar-refractivity contribution is 5.94. The number of hydrogen-bond donors (Lipinski definition) is 2. The monoisotopic (exact) mass is 260 g/mol. The van der Waals surface area contributed by atoms with Crippen molar-refractivity contribution in [2.75, 3.05) is 17.2 Å². The van der Waals surface area contributed by atoms with Crippen LogP contribution in [-0.2, 0) is 11.2 Å². The number of fused-ring (bicyclic) bond motifs is 1. The maximum atomic E-state index is 11.9. The first-order chi connectivity index (χ1) is 9.31. The number of unbranched alkanes of at least 4 members (excludes halogenated alkanes) is 3. The summed E-state index contributed by atoms with van der Waals surface area (Å²) in [6.45, 7) is 3.18. The number of amides is 1. The number of anilines is 2. The van der Waals surface area contributed by atoms with Crippen LogP contribution in [0.15, 0.2) is 18.2 Å². The average Bonchev–Trinajstić information content (AvgIpc) is 2.44. The van der Waals surface area contributed by atoms with Crippen molar-refractivity contribution in [2.45, 2.75) is 51.9 Å². The SMILES string of the molecule is CCCCCCC(=O)Nc1cccc2c1NCCC2. The van der Waals surface area contributed by atoms with E-state index in [-0.39, 0.29) is 5.91 Å². The second-order valence-corrected chi connectivity index (χ2v) is 5.23. The molecule has 1 aliphatic heterocycles. The third-order valence-corrected chi connectivity index (χ3v) is 3.61. The molecule has 1 heterocycles. The summed E-state index contributed by atoms with van der Waals surface area (Å²) in [6.07, 6.45) is 7.46. The Kier molecular flexibility index (Phi) is 5.25. The largest absolute Gasteiger partial charge is 0.383 e. The summed E-state index contributed by atoms with van der Waals surface area (Å²) in [5, 5.41) is 6.44. The zero-order chi connectivity index (χ0) is 13.5. The van der Waals surface area contributed by atoms with Gasteiger partial charge in [-0.15, -0.1) is 0 Å². The maximum Gasteiger partial charge on any atom is 0.224 e. The maximum absolute atomic E-state index is 11.9. The first-order valence-electron chi connectivity index (χ1n) is 7.47. The lowest BCUT2D eigenvalue weighted by atomic mass is 10.0. The standard InChI is InChI=1S/C16H24N2O/c1-2-3-4-5-11-15(19)18-14-10-6-8-13-9-7-12-17-16(13)14/h6,8,10,17H,2-5,7,9,11-12H2,1H3,(H,18,19). The number of carbonyl (C=O) groups excluding carboxylic acids is 1. The molecule has 0 saturated carbocycles. The molecule has 0 bridgehead atoms. The highest BCUT2D eigenvalue weighted by Crippen LogP contribution is 2.30. The lowest BCUT2D eigenvalue weighted by Gasteiger charge is -2.21. The van der Waals surface area contributed by atoms with E-state index in [0.717, 1.165) is 37.2 Å². The molecule has 1 aromatic carbocycles. The van der Waals surface area contributed by atoms with Crippen molar-refractivity contribution in [2.24, 2.45) is 0 Å². The minimum atomic E-state index is 0.136. The summed E-state index contributed by atoms with van der Waals surface area (Å²) in [7, 11) is 0. The predicted octanol–water partition coefficient (Wildman–Crippen LogP) is 3.95.